The van der Waals surface area contributed by atoms with Gasteiger partial charge < -0.3 is 25.0 Å². The van der Waals surface area contributed by atoms with Crippen LogP contribution < -0.4 is 15.4 Å². The van der Waals surface area contributed by atoms with Crippen LogP contribution in [0, 0.1) is 18.8 Å². The van der Waals surface area contributed by atoms with Crippen molar-refractivity contribution in [2.75, 3.05) is 0 Å². The maximum atomic E-state index is 13.3. The van der Waals surface area contributed by atoms with Gasteiger partial charge in [0.2, 0.25) is 0 Å². The van der Waals surface area contributed by atoms with Crippen molar-refractivity contribution in [1.29, 1.82) is 0 Å². The highest BCUT2D eigenvalue weighted by Crippen LogP contribution is 2.35. The number of hydrogen-bond acceptors (Lipinski definition) is 4. The molecule has 1 heterocycles. The van der Waals surface area contributed by atoms with Gasteiger partial charge in [0.15, 0.2) is 0 Å². The van der Waals surface area contributed by atoms with Crippen molar-refractivity contribution in [3.05, 3.63) is 41.1 Å². The Kier molecular flexibility index (Phi) is 8.75. The topological polar surface area (TPSA) is 110 Å². The molecule has 8 nitrogen and oxygen atoms in total. The zero-order valence-electron chi connectivity index (χ0n) is 23.9. The van der Waals surface area contributed by atoms with E-state index in [9.17, 15) is 27.6 Å². The van der Waals surface area contributed by atoms with Crippen LogP contribution in [0.2, 0.25) is 0 Å². The van der Waals surface area contributed by atoms with Crippen molar-refractivity contribution >= 4 is 17.8 Å². The van der Waals surface area contributed by atoms with Gasteiger partial charge in [-0.1, -0.05) is 19.3 Å². The van der Waals surface area contributed by atoms with E-state index in [1.807, 2.05) is 4.57 Å². The number of carboxylic acids is 1. The molecule has 224 valence electrons. The van der Waals surface area contributed by atoms with Crippen LogP contribution in [0.5, 0.6) is 5.75 Å². The normalized spacial score (nSPS) is 19.8. The highest BCUT2D eigenvalue weighted by atomic mass is 19.4. The summed E-state index contributed by atoms with van der Waals surface area (Å²) in [6.07, 6.45) is 1.08. The van der Waals surface area contributed by atoms with Crippen LogP contribution in [0.3, 0.4) is 0 Å². The zero-order valence-corrected chi connectivity index (χ0v) is 23.9. The van der Waals surface area contributed by atoms with E-state index in [-0.39, 0.29) is 17.5 Å². The molecule has 11 heteroatoms. The molecule has 41 heavy (non-hydrogen) atoms. The third kappa shape index (κ3) is 7.83. The molecule has 1 aromatic heterocycles. The molecule has 2 aliphatic rings. The molecule has 0 unspecified atom stereocenters. The molecular formula is C30H38F3N3O5. The summed E-state index contributed by atoms with van der Waals surface area (Å²) in [4.78, 5) is 37.5. The number of benzene rings is 1. The standard InChI is InChI=1S/C30H38F3N3O5/c1-17-24(27(38)34-22-11-21(12-22)28(39)40)15-25(36(17)16-18-8-6-5-7-9-18)19-10-20(26(37)35-29(2,3)4)14-23(13-19)41-30(31,32)33/h10,13-15,18,21-22H,5-9,11-12,16H2,1-4H3,(H,34,38)(H,35,37)(H,39,40). The first-order valence-corrected chi connectivity index (χ1v) is 14.1. The van der Waals surface area contributed by atoms with E-state index in [2.05, 4.69) is 15.4 Å². The Hall–Kier alpha value is -3.50. The number of halogens is 3. The Balaban J connectivity index is 1.75. The van der Waals surface area contributed by atoms with E-state index >= 15 is 0 Å². The second-order valence-electron chi connectivity index (χ2n) is 12.3. The number of amides is 2. The van der Waals surface area contributed by atoms with E-state index in [1.54, 1.807) is 33.8 Å². The van der Waals surface area contributed by atoms with Crippen molar-refractivity contribution in [2.24, 2.45) is 11.8 Å². The number of hydrogen-bond donors (Lipinski definition) is 3. The fourth-order valence-corrected chi connectivity index (χ4v) is 5.66. The number of nitrogens with zero attached hydrogens (tertiary/aromatic N) is 1. The Morgan fingerprint density at radius 1 is 1.00 bits per heavy atom. The number of nitrogens with one attached hydrogen (secondary N) is 2. The monoisotopic (exact) mass is 577 g/mol. The van der Waals surface area contributed by atoms with Crippen molar-refractivity contribution in [2.45, 2.75) is 97.1 Å². The highest BCUT2D eigenvalue weighted by Gasteiger charge is 2.36. The third-order valence-electron chi connectivity index (χ3n) is 7.79. The van der Waals surface area contributed by atoms with Crippen molar-refractivity contribution in [1.82, 2.24) is 15.2 Å². The quantitative estimate of drug-likeness (QED) is 0.353. The van der Waals surface area contributed by atoms with Gasteiger partial charge in [0.1, 0.15) is 5.75 Å². The van der Waals surface area contributed by atoms with Crippen molar-refractivity contribution < 1.29 is 37.4 Å². The van der Waals surface area contributed by atoms with Gasteiger partial charge in [-0.3, -0.25) is 14.4 Å². The smallest absolute Gasteiger partial charge is 0.481 e. The number of alkyl halides is 3. The van der Waals surface area contributed by atoms with Crippen molar-refractivity contribution in [3.8, 4) is 17.0 Å². The van der Waals surface area contributed by atoms with Crippen LogP contribution in [0.15, 0.2) is 24.3 Å². The van der Waals surface area contributed by atoms with E-state index in [0.29, 0.717) is 47.8 Å². The van der Waals surface area contributed by atoms with E-state index in [1.165, 1.54) is 12.1 Å². The Morgan fingerprint density at radius 2 is 1.66 bits per heavy atom. The minimum atomic E-state index is -4.96. The maximum Gasteiger partial charge on any atom is 0.573 e. The number of aliphatic carboxylic acids is 1. The predicted octanol–water partition coefficient (Wildman–Crippen LogP) is 6.06. The summed E-state index contributed by atoms with van der Waals surface area (Å²) in [5.41, 5.74) is 1.21. The predicted molar refractivity (Wildman–Crippen MR) is 147 cm³/mol. The van der Waals surface area contributed by atoms with Gasteiger partial charge in [0.05, 0.1) is 11.5 Å². The molecule has 0 spiro atoms. The first-order valence-electron chi connectivity index (χ1n) is 14.1. The lowest BCUT2D eigenvalue weighted by molar-refractivity contribution is -0.274. The Morgan fingerprint density at radius 3 is 2.24 bits per heavy atom. The lowest BCUT2D eigenvalue weighted by atomic mass is 9.80. The number of rotatable bonds is 8. The Labute approximate surface area is 237 Å². The number of carbonyl (C=O) groups excluding carboxylic acids is 2. The van der Waals surface area contributed by atoms with Crippen LogP contribution in [-0.2, 0) is 11.3 Å². The molecule has 1 aromatic carbocycles. The summed E-state index contributed by atoms with van der Waals surface area (Å²) < 4.78 is 46.0. The van der Waals surface area contributed by atoms with Crippen LogP contribution in [0.25, 0.3) is 11.3 Å². The van der Waals surface area contributed by atoms with Crippen LogP contribution in [0.4, 0.5) is 13.2 Å². The molecule has 2 aromatic rings. The second-order valence-corrected chi connectivity index (χ2v) is 12.3. The van der Waals surface area contributed by atoms with Gasteiger partial charge >= 0.3 is 12.3 Å². The van der Waals surface area contributed by atoms with Crippen molar-refractivity contribution in [3.63, 3.8) is 0 Å². The number of carbonyl (C=O) groups is 3. The highest BCUT2D eigenvalue weighted by molar-refractivity contribution is 5.99. The fourth-order valence-electron chi connectivity index (χ4n) is 5.66. The molecule has 4 rings (SSSR count). The molecule has 2 amide bonds. The summed E-state index contributed by atoms with van der Waals surface area (Å²) in [7, 11) is 0. The third-order valence-corrected chi connectivity index (χ3v) is 7.79. The first-order chi connectivity index (χ1) is 19.1. The molecule has 0 atom stereocenters. The molecule has 0 bridgehead atoms. The van der Waals surface area contributed by atoms with Crippen LogP contribution >= 0.6 is 0 Å². The lowest BCUT2D eigenvalue weighted by Crippen LogP contribution is -2.46. The summed E-state index contributed by atoms with van der Waals surface area (Å²) in [5.74, 6) is -2.48. The van der Waals surface area contributed by atoms with Gasteiger partial charge in [-0.15, -0.1) is 13.2 Å². The lowest BCUT2D eigenvalue weighted by Gasteiger charge is -2.32. The molecule has 0 radical (unpaired) electrons. The number of carboxylic acid groups (broad SMARTS) is 1. The van der Waals surface area contributed by atoms with E-state index in [0.717, 1.165) is 38.2 Å². The minimum Gasteiger partial charge on any atom is -0.481 e. The average molecular weight is 578 g/mol. The number of aromatic nitrogens is 1. The van der Waals surface area contributed by atoms with Gasteiger partial charge in [-0.25, -0.2) is 0 Å². The Bertz CT molecular complexity index is 1300. The van der Waals surface area contributed by atoms with Crippen LogP contribution in [-0.4, -0.2) is 45.4 Å². The summed E-state index contributed by atoms with van der Waals surface area (Å²) in [6.45, 7) is 7.68. The second kappa shape index (κ2) is 11.8. The number of ether oxygens (including phenoxy) is 1. The first kappa shape index (κ1) is 30.5. The molecule has 2 aliphatic carbocycles. The zero-order chi connectivity index (χ0) is 30.1. The molecule has 2 fully saturated rings. The molecule has 0 aliphatic heterocycles. The SMILES string of the molecule is Cc1c(C(=O)NC2CC(C(=O)O)C2)cc(-c2cc(OC(F)(F)F)cc(C(=O)NC(C)(C)C)c2)n1CC1CCCCC1. The van der Waals surface area contributed by atoms with Gasteiger partial charge in [-0.2, -0.15) is 0 Å². The fraction of sp³-hybridized carbons (Fsp3) is 0.567. The summed E-state index contributed by atoms with van der Waals surface area (Å²) in [5, 5.41) is 14.8. The summed E-state index contributed by atoms with van der Waals surface area (Å²) in [6, 6.07) is 5.19. The van der Waals surface area contributed by atoms with Gasteiger partial charge in [0.25, 0.3) is 11.8 Å². The maximum absolute atomic E-state index is 13.3. The van der Waals surface area contributed by atoms with E-state index in [4.69, 9.17) is 5.11 Å². The molecule has 3 N–H and O–H groups in total. The van der Waals surface area contributed by atoms with Crippen LogP contribution in [0.1, 0.15) is 92.1 Å². The molecule has 2 saturated carbocycles. The largest absolute Gasteiger partial charge is 0.573 e. The molecule has 0 saturated heterocycles. The molecular weight excluding hydrogens is 539 g/mol. The minimum absolute atomic E-state index is 0.0000681. The average Bonchev–Trinajstić information content (AvgIpc) is 3.15. The van der Waals surface area contributed by atoms with E-state index < -0.39 is 35.4 Å². The van der Waals surface area contributed by atoms with Gasteiger partial charge in [-0.05, 0) is 83.6 Å². The van der Waals surface area contributed by atoms with Gasteiger partial charge in [0, 0.05) is 40.6 Å². The summed E-state index contributed by atoms with van der Waals surface area (Å²) >= 11 is 0.